The maximum atomic E-state index is 12.4. The average Bonchev–Trinajstić information content (AvgIpc) is 2.45. The number of benzene rings is 1. The summed E-state index contributed by atoms with van der Waals surface area (Å²) in [6, 6.07) is 7.23. The third-order valence-corrected chi connectivity index (χ3v) is 3.81. The second-order valence-electron chi connectivity index (χ2n) is 5.21. The molecular formula is C15H20N2O3. The Morgan fingerprint density at radius 3 is 2.80 bits per heavy atom. The van der Waals surface area contributed by atoms with Gasteiger partial charge in [0, 0.05) is 12.2 Å². The van der Waals surface area contributed by atoms with Gasteiger partial charge in [-0.3, -0.25) is 14.5 Å². The van der Waals surface area contributed by atoms with E-state index in [9.17, 15) is 9.59 Å². The summed E-state index contributed by atoms with van der Waals surface area (Å²) in [5.41, 5.74) is 2.14. The Kier molecular flexibility index (Phi) is 4.39. The van der Waals surface area contributed by atoms with Gasteiger partial charge in [-0.1, -0.05) is 18.2 Å². The minimum Gasteiger partial charge on any atom is -0.480 e. The summed E-state index contributed by atoms with van der Waals surface area (Å²) >= 11 is 0. The highest BCUT2D eigenvalue weighted by Crippen LogP contribution is 2.26. The monoisotopic (exact) mass is 276 g/mol. The van der Waals surface area contributed by atoms with Gasteiger partial charge < -0.3 is 10.0 Å². The number of hydrogen-bond acceptors (Lipinski definition) is 3. The first-order valence-corrected chi connectivity index (χ1v) is 6.82. The van der Waals surface area contributed by atoms with Crippen molar-refractivity contribution in [3.63, 3.8) is 0 Å². The van der Waals surface area contributed by atoms with Crippen LogP contribution in [0.1, 0.15) is 18.9 Å². The molecule has 20 heavy (non-hydrogen) atoms. The highest BCUT2D eigenvalue weighted by Gasteiger charge is 2.25. The number of amides is 1. The summed E-state index contributed by atoms with van der Waals surface area (Å²) in [5.74, 6) is -0.966. The van der Waals surface area contributed by atoms with Crippen LogP contribution in [0.4, 0.5) is 5.69 Å². The number of hydrogen-bond donors (Lipinski definition) is 1. The molecule has 1 N–H and O–H groups in total. The number of likely N-dealkylation sites (N-methyl/N-ethyl adjacent to an activating group) is 1. The average molecular weight is 276 g/mol. The molecule has 0 spiro atoms. The normalized spacial score (nSPS) is 15.8. The van der Waals surface area contributed by atoms with Gasteiger partial charge >= 0.3 is 5.97 Å². The topological polar surface area (TPSA) is 60.9 Å². The summed E-state index contributed by atoms with van der Waals surface area (Å²) in [7, 11) is 1.66. The van der Waals surface area contributed by atoms with Crippen LogP contribution in [-0.4, -0.2) is 48.1 Å². The number of carboxylic acid groups (broad SMARTS) is 1. The zero-order valence-corrected chi connectivity index (χ0v) is 11.9. The van der Waals surface area contributed by atoms with E-state index in [1.165, 1.54) is 5.56 Å². The molecule has 0 aromatic heterocycles. The van der Waals surface area contributed by atoms with Gasteiger partial charge in [-0.05, 0) is 38.4 Å². The van der Waals surface area contributed by atoms with Crippen molar-refractivity contribution in [1.82, 2.24) is 4.90 Å². The molecule has 1 aromatic rings. The van der Waals surface area contributed by atoms with Gasteiger partial charge in [0.05, 0.1) is 6.54 Å². The quantitative estimate of drug-likeness (QED) is 0.902. The second-order valence-corrected chi connectivity index (χ2v) is 5.21. The highest BCUT2D eigenvalue weighted by molar-refractivity contribution is 5.96. The van der Waals surface area contributed by atoms with E-state index >= 15 is 0 Å². The fourth-order valence-electron chi connectivity index (χ4n) is 2.42. The molecule has 0 aliphatic carbocycles. The predicted molar refractivity (Wildman–Crippen MR) is 76.8 cm³/mol. The molecule has 1 heterocycles. The highest BCUT2D eigenvalue weighted by atomic mass is 16.4. The third-order valence-electron chi connectivity index (χ3n) is 3.81. The Bertz CT molecular complexity index is 516. The molecule has 1 atom stereocenters. The van der Waals surface area contributed by atoms with E-state index in [4.69, 9.17) is 5.11 Å². The summed E-state index contributed by atoms with van der Waals surface area (Å²) in [6.45, 7) is 2.40. The summed E-state index contributed by atoms with van der Waals surface area (Å²) < 4.78 is 0. The zero-order valence-electron chi connectivity index (χ0n) is 11.9. The number of carbonyl (C=O) groups is 2. The molecule has 5 heteroatoms. The molecule has 1 amide bonds. The van der Waals surface area contributed by atoms with Crippen molar-refractivity contribution in [3.8, 4) is 0 Å². The minimum absolute atomic E-state index is 0.0484. The minimum atomic E-state index is -0.917. The van der Waals surface area contributed by atoms with Crippen LogP contribution < -0.4 is 4.90 Å². The lowest BCUT2D eigenvalue weighted by atomic mass is 10.0. The van der Waals surface area contributed by atoms with Crippen molar-refractivity contribution < 1.29 is 14.7 Å². The van der Waals surface area contributed by atoms with E-state index in [1.807, 2.05) is 24.3 Å². The molecule has 0 saturated heterocycles. The Hall–Kier alpha value is -1.88. The van der Waals surface area contributed by atoms with E-state index in [-0.39, 0.29) is 12.5 Å². The van der Waals surface area contributed by atoms with E-state index < -0.39 is 12.0 Å². The van der Waals surface area contributed by atoms with Crippen LogP contribution in [0.25, 0.3) is 0 Å². The number of carboxylic acids is 1. The standard InChI is InChI=1S/C15H20N2O3/c1-11(15(19)20)16(2)10-14(18)17-9-5-7-12-6-3-4-8-13(12)17/h3-4,6,8,11H,5,7,9-10H2,1-2H3,(H,19,20). The lowest BCUT2D eigenvalue weighted by Crippen LogP contribution is -2.46. The molecule has 0 fully saturated rings. The van der Waals surface area contributed by atoms with Gasteiger partial charge in [-0.15, -0.1) is 0 Å². The fourth-order valence-corrected chi connectivity index (χ4v) is 2.42. The number of aliphatic carboxylic acids is 1. The smallest absolute Gasteiger partial charge is 0.320 e. The first kappa shape index (κ1) is 14.5. The van der Waals surface area contributed by atoms with Crippen molar-refractivity contribution in [2.24, 2.45) is 0 Å². The number of anilines is 1. The molecule has 108 valence electrons. The Labute approximate surface area is 118 Å². The van der Waals surface area contributed by atoms with Gasteiger partial charge in [0.2, 0.25) is 5.91 Å². The number of aryl methyl sites for hydroxylation is 1. The van der Waals surface area contributed by atoms with Gasteiger partial charge in [0.1, 0.15) is 6.04 Å². The van der Waals surface area contributed by atoms with E-state index in [1.54, 1.807) is 23.8 Å². The SMILES string of the molecule is CC(C(=O)O)N(C)CC(=O)N1CCCc2ccccc21. The molecule has 5 nitrogen and oxygen atoms in total. The van der Waals surface area contributed by atoms with Crippen molar-refractivity contribution in [2.45, 2.75) is 25.8 Å². The van der Waals surface area contributed by atoms with Crippen LogP contribution in [0.15, 0.2) is 24.3 Å². The molecule has 1 aliphatic heterocycles. The molecule has 1 aliphatic rings. The van der Waals surface area contributed by atoms with Crippen LogP contribution in [0.3, 0.4) is 0 Å². The number of rotatable bonds is 4. The molecule has 0 radical (unpaired) electrons. The Morgan fingerprint density at radius 1 is 1.40 bits per heavy atom. The molecule has 0 saturated carbocycles. The largest absolute Gasteiger partial charge is 0.480 e. The van der Waals surface area contributed by atoms with E-state index in [0.717, 1.165) is 18.5 Å². The Balaban J connectivity index is 2.09. The van der Waals surface area contributed by atoms with Crippen LogP contribution in [0.5, 0.6) is 0 Å². The van der Waals surface area contributed by atoms with Gasteiger partial charge in [0.25, 0.3) is 0 Å². The summed E-state index contributed by atoms with van der Waals surface area (Å²) in [4.78, 5) is 26.6. The number of carbonyl (C=O) groups excluding carboxylic acids is 1. The van der Waals surface area contributed by atoms with E-state index in [0.29, 0.717) is 6.54 Å². The maximum absolute atomic E-state index is 12.4. The number of fused-ring (bicyclic) bond motifs is 1. The van der Waals surface area contributed by atoms with Crippen LogP contribution in [-0.2, 0) is 16.0 Å². The van der Waals surface area contributed by atoms with Gasteiger partial charge in [-0.25, -0.2) is 0 Å². The first-order valence-electron chi connectivity index (χ1n) is 6.82. The molecule has 1 aromatic carbocycles. The third kappa shape index (κ3) is 2.99. The van der Waals surface area contributed by atoms with Gasteiger partial charge in [0.15, 0.2) is 0 Å². The maximum Gasteiger partial charge on any atom is 0.320 e. The van der Waals surface area contributed by atoms with Crippen LogP contribution in [0, 0.1) is 0 Å². The van der Waals surface area contributed by atoms with Crippen LogP contribution >= 0.6 is 0 Å². The molecule has 2 rings (SSSR count). The van der Waals surface area contributed by atoms with Crippen molar-refractivity contribution in [2.75, 3.05) is 25.0 Å². The van der Waals surface area contributed by atoms with E-state index in [2.05, 4.69) is 0 Å². The first-order chi connectivity index (χ1) is 9.50. The summed E-state index contributed by atoms with van der Waals surface area (Å²) in [5, 5.41) is 8.97. The Morgan fingerprint density at radius 2 is 2.10 bits per heavy atom. The second kappa shape index (κ2) is 6.05. The number of para-hydroxylation sites is 1. The predicted octanol–water partition coefficient (Wildman–Crippen LogP) is 1.37. The molecular weight excluding hydrogens is 256 g/mol. The summed E-state index contributed by atoms with van der Waals surface area (Å²) in [6.07, 6.45) is 1.93. The fraction of sp³-hybridized carbons (Fsp3) is 0.467. The van der Waals surface area contributed by atoms with Gasteiger partial charge in [-0.2, -0.15) is 0 Å². The lowest BCUT2D eigenvalue weighted by molar-refractivity contribution is -0.142. The van der Waals surface area contributed by atoms with Crippen LogP contribution in [0.2, 0.25) is 0 Å². The molecule has 0 bridgehead atoms. The van der Waals surface area contributed by atoms with Crippen molar-refractivity contribution >= 4 is 17.6 Å². The zero-order chi connectivity index (χ0) is 14.7. The van der Waals surface area contributed by atoms with Crippen molar-refractivity contribution in [1.29, 1.82) is 0 Å². The lowest BCUT2D eigenvalue weighted by Gasteiger charge is -2.31. The number of nitrogens with zero attached hydrogens (tertiary/aromatic N) is 2. The van der Waals surface area contributed by atoms with Crippen molar-refractivity contribution in [3.05, 3.63) is 29.8 Å². The molecule has 1 unspecified atom stereocenters.